The molecule has 36 heavy (non-hydrogen) atoms. The van der Waals surface area contributed by atoms with Gasteiger partial charge in [0.1, 0.15) is 30.7 Å². The third kappa shape index (κ3) is 3.10. The second-order valence-electron chi connectivity index (χ2n) is 14.8. The van der Waals surface area contributed by atoms with Crippen LogP contribution in [0.5, 0.6) is 0 Å². The molecular formula is C32H42O4. The van der Waals surface area contributed by atoms with E-state index in [9.17, 15) is 0 Å². The predicted molar refractivity (Wildman–Crippen MR) is 136 cm³/mol. The highest BCUT2D eigenvalue weighted by atomic mass is 16.6. The molecule has 2 heterocycles. The van der Waals surface area contributed by atoms with Gasteiger partial charge in [0.2, 0.25) is 0 Å². The molecule has 0 radical (unpaired) electrons. The van der Waals surface area contributed by atoms with E-state index in [1.165, 1.54) is 82.0 Å². The quantitative estimate of drug-likeness (QED) is 0.304. The minimum absolute atomic E-state index is 0.00150. The third-order valence-corrected chi connectivity index (χ3v) is 12.4. The van der Waals surface area contributed by atoms with E-state index in [4.69, 9.17) is 18.9 Å². The molecule has 4 unspecified atom stereocenters. The Morgan fingerprint density at radius 2 is 1.44 bits per heavy atom. The molecule has 194 valence electrons. The van der Waals surface area contributed by atoms with Crippen LogP contribution in [0.2, 0.25) is 0 Å². The maximum atomic E-state index is 7.03. The smallest absolute Gasteiger partial charge is 0.130 e. The molecule has 8 fully saturated rings. The minimum atomic E-state index is -0.0202. The Hall–Kier alpha value is -1.10. The van der Waals surface area contributed by atoms with Gasteiger partial charge in [0, 0.05) is 10.8 Å². The number of rotatable bonds is 8. The zero-order valence-electron chi connectivity index (χ0n) is 21.9. The SMILES string of the molecule is CC1(C23CC4CC(CC(C4)C2)C3)C=CC(C23CC4=C(CC(C4)C2)C3)=C(OCC2CO2)C1OCC1CO1. The van der Waals surface area contributed by atoms with Gasteiger partial charge in [-0.1, -0.05) is 30.2 Å². The summed E-state index contributed by atoms with van der Waals surface area (Å²) in [6, 6.07) is 0. The van der Waals surface area contributed by atoms with E-state index in [2.05, 4.69) is 19.1 Å². The Kier molecular flexibility index (Phi) is 4.42. The zero-order chi connectivity index (χ0) is 23.7. The summed E-state index contributed by atoms with van der Waals surface area (Å²) >= 11 is 0. The molecule has 0 amide bonds. The van der Waals surface area contributed by atoms with Crippen LogP contribution >= 0.6 is 0 Å². The molecular weight excluding hydrogens is 448 g/mol. The van der Waals surface area contributed by atoms with Crippen molar-refractivity contribution in [3.8, 4) is 0 Å². The molecule has 11 rings (SSSR count). The first-order chi connectivity index (χ1) is 17.5. The lowest BCUT2D eigenvalue weighted by Gasteiger charge is -2.64. The second-order valence-corrected chi connectivity index (χ2v) is 14.8. The van der Waals surface area contributed by atoms with Crippen LogP contribution in [0.15, 0.2) is 34.6 Å². The van der Waals surface area contributed by atoms with Crippen molar-refractivity contribution >= 4 is 0 Å². The van der Waals surface area contributed by atoms with Crippen LogP contribution in [0.25, 0.3) is 0 Å². The van der Waals surface area contributed by atoms with Gasteiger partial charge < -0.3 is 18.9 Å². The van der Waals surface area contributed by atoms with Crippen LogP contribution in [-0.4, -0.2) is 44.7 Å². The maximum absolute atomic E-state index is 7.03. The summed E-state index contributed by atoms with van der Waals surface area (Å²) in [7, 11) is 0. The monoisotopic (exact) mass is 490 g/mol. The molecule has 9 aliphatic carbocycles. The van der Waals surface area contributed by atoms with Gasteiger partial charge in [0.05, 0.1) is 19.8 Å². The van der Waals surface area contributed by atoms with Gasteiger partial charge in [0.25, 0.3) is 0 Å². The molecule has 8 bridgehead atoms. The van der Waals surface area contributed by atoms with E-state index < -0.39 is 0 Å². The number of hydrogen-bond donors (Lipinski definition) is 0. The van der Waals surface area contributed by atoms with Crippen LogP contribution in [-0.2, 0) is 18.9 Å². The van der Waals surface area contributed by atoms with Gasteiger partial charge in [0.15, 0.2) is 0 Å². The zero-order valence-corrected chi connectivity index (χ0v) is 21.9. The van der Waals surface area contributed by atoms with Crippen LogP contribution in [0, 0.1) is 39.9 Å². The Bertz CT molecular complexity index is 1020. The standard InChI is InChI=1S/C32H42O4/c1-30(32-10-19-4-20(11-32)6-21(5-19)12-32)3-2-27(31-9-22-7-23(13-31)24(8-22)14-31)28(35-17-25-15-33-25)29(30)36-18-26-16-34-26/h2-3,19-22,25-26,29H,4-18H2,1H3. The van der Waals surface area contributed by atoms with Crippen LogP contribution < -0.4 is 0 Å². The van der Waals surface area contributed by atoms with Gasteiger partial charge >= 0.3 is 0 Å². The summed E-state index contributed by atoms with van der Waals surface area (Å²) in [5.74, 6) is 4.83. The molecule has 0 spiro atoms. The largest absolute Gasteiger partial charge is 0.492 e. The average Bonchev–Trinajstić information content (AvgIpc) is 3.76. The van der Waals surface area contributed by atoms with Crippen LogP contribution in [0.1, 0.15) is 77.6 Å². The van der Waals surface area contributed by atoms with Gasteiger partial charge in [-0.3, -0.25) is 0 Å². The average molecular weight is 491 g/mol. The van der Waals surface area contributed by atoms with Crippen molar-refractivity contribution in [3.05, 3.63) is 34.6 Å². The number of epoxide rings is 2. The van der Waals surface area contributed by atoms with Crippen molar-refractivity contribution in [2.75, 3.05) is 26.4 Å². The van der Waals surface area contributed by atoms with Crippen molar-refractivity contribution < 1.29 is 18.9 Å². The van der Waals surface area contributed by atoms with Gasteiger partial charge in [-0.15, -0.1) is 0 Å². The van der Waals surface area contributed by atoms with Gasteiger partial charge in [-0.05, 0) is 105 Å². The molecule has 4 nitrogen and oxygen atoms in total. The molecule has 0 aromatic carbocycles. The van der Waals surface area contributed by atoms with E-state index in [1.54, 1.807) is 11.1 Å². The van der Waals surface area contributed by atoms with Crippen molar-refractivity contribution in [1.82, 2.24) is 0 Å². The summed E-state index contributed by atoms with van der Waals surface area (Å²) in [6.45, 7) is 5.62. The molecule has 11 aliphatic rings. The second kappa shape index (κ2) is 7.30. The van der Waals surface area contributed by atoms with E-state index in [0.717, 1.165) is 36.9 Å². The van der Waals surface area contributed by atoms with Crippen molar-refractivity contribution in [3.63, 3.8) is 0 Å². The Morgan fingerprint density at radius 3 is 2.03 bits per heavy atom. The fourth-order valence-electron chi connectivity index (χ4n) is 11.1. The predicted octanol–water partition coefficient (Wildman–Crippen LogP) is 6.12. The van der Waals surface area contributed by atoms with Crippen molar-refractivity contribution in [1.29, 1.82) is 0 Å². The molecule has 4 atom stereocenters. The molecule has 2 saturated heterocycles. The lowest BCUT2D eigenvalue weighted by atomic mass is 9.41. The first-order valence-electron chi connectivity index (χ1n) is 15.1. The number of ether oxygens (including phenoxy) is 4. The number of hydrogen-bond acceptors (Lipinski definition) is 4. The van der Waals surface area contributed by atoms with Crippen molar-refractivity contribution in [2.45, 2.75) is 95.9 Å². The number of allylic oxidation sites excluding steroid dienone is 4. The highest BCUT2D eigenvalue weighted by Gasteiger charge is 2.63. The fourth-order valence-corrected chi connectivity index (χ4v) is 11.1. The molecule has 6 saturated carbocycles. The third-order valence-electron chi connectivity index (χ3n) is 12.4. The highest BCUT2D eigenvalue weighted by Crippen LogP contribution is 2.70. The highest BCUT2D eigenvalue weighted by molar-refractivity contribution is 5.48. The maximum Gasteiger partial charge on any atom is 0.130 e. The summed E-state index contributed by atoms with van der Waals surface area (Å²) < 4.78 is 25.2. The molecule has 0 N–H and O–H groups in total. The molecule has 0 aromatic rings. The summed E-state index contributed by atoms with van der Waals surface area (Å²) in [4.78, 5) is 0. The first-order valence-corrected chi connectivity index (χ1v) is 15.1. The molecule has 2 aliphatic heterocycles. The summed E-state index contributed by atoms with van der Waals surface area (Å²) in [5.41, 5.74) is 5.64. The van der Waals surface area contributed by atoms with Crippen LogP contribution in [0.3, 0.4) is 0 Å². The van der Waals surface area contributed by atoms with Gasteiger partial charge in [-0.25, -0.2) is 0 Å². The van der Waals surface area contributed by atoms with Gasteiger partial charge in [-0.2, -0.15) is 0 Å². The lowest BCUT2D eigenvalue weighted by Crippen LogP contribution is -2.59. The van der Waals surface area contributed by atoms with E-state index in [0.29, 0.717) is 18.6 Å². The normalized spacial score (nSPS) is 53.2. The van der Waals surface area contributed by atoms with Crippen LogP contribution in [0.4, 0.5) is 0 Å². The minimum Gasteiger partial charge on any atom is -0.492 e. The van der Waals surface area contributed by atoms with E-state index in [-0.39, 0.29) is 29.1 Å². The van der Waals surface area contributed by atoms with Crippen molar-refractivity contribution in [2.24, 2.45) is 39.9 Å². The van der Waals surface area contributed by atoms with E-state index in [1.807, 2.05) is 0 Å². The Balaban J connectivity index is 1.14. The fraction of sp³-hybridized carbons (Fsp3) is 0.812. The Labute approximate surface area is 215 Å². The topological polar surface area (TPSA) is 43.5 Å². The Morgan fingerprint density at radius 1 is 0.833 bits per heavy atom. The summed E-state index contributed by atoms with van der Waals surface area (Å²) in [5, 5.41) is 0. The lowest BCUT2D eigenvalue weighted by molar-refractivity contribution is -0.161. The first kappa shape index (κ1) is 21.8. The van der Waals surface area contributed by atoms with E-state index >= 15 is 0 Å². The molecule has 4 heteroatoms. The summed E-state index contributed by atoms with van der Waals surface area (Å²) in [6.07, 6.45) is 20.9. The molecule has 0 aromatic heterocycles.